The van der Waals surface area contributed by atoms with Crippen molar-refractivity contribution in [1.29, 1.82) is 0 Å². The van der Waals surface area contributed by atoms with Gasteiger partial charge < -0.3 is 4.98 Å². The Balaban J connectivity index is 2.38. The first-order valence-corrected chi connectivity index (χ1v) is 5.53. The molecule has 0 spiro atoms. The van der Waals surface area contributed by atoms with Crippen molar-refractivity contribution < 1.29 is 0 Å². The van der Waals surface area contributed by atoms with E-state index in [2.05, 4.69) is 34.9 Å². The van der Waals surface area contributed by atoms with E-state index in [9.17, 15) is 0 Å². The Hall–Kier alpha value is -1.38. The Labute approximate surface area is 90.0 Å². The summed E-state index contributed by atoms with van der Waals surface area (Å²) in [6.07, 6.45) is 4.21. The van der Waals surface area contributed by atoms with Gasteiger partial charge in [-0.2, -0.15) is 0 Å². The number of hydrogen-bond acceptors (Lipinski definition) is 2. The fourth-order valence-corrected chi connectivity index (χ4v) is 1.83. The molecular weight excluding hydrogens is 186 g/mol. The van der Waals surface area contributed by atoms with Crippen LogP contribution in [0.5, 0.6) is 0 Å². The van der Waals surface area contributed by atoms with Gasteiger partial charge in [0, 0.05) is 12.1 Å². The van der Waals surface area contributed by atoms with Crippen molar-refractivity contribution in [2.45, 2.75) is 39.5 Å². The van der Waals surface area contributed by atoms with Gasteiger partial charge in [0.15, 0.2) is 5.65 Å². The van der Waals surface area contributed by atoms with Crippen LogP contribution < -0.4 is 0 Å². The van der Waals surface area contributed by atoms with E-state index in [4.69, 9.17) is 0 Å². The lowest BCUT2D eigenvalue weighted by Crippen LogP contribution is -1.94. The predicted molar refractivity (Wildman–Crippen MR) is 61.9 cm³/mol. The van der Waals surface area contributed by atoms with E-state index >= 15 is 0 Å². The van der Waals surface area contributed by atoms with Crippen LogP contribution in [-0.2, 0) is 0 Å². The van der Waals surface area contributed by atoms with E-state index in [0.29, 0.717) is 5.92 Å². The highest BCUT2D eigenvalue weighted by Crippen LogP contribution is 2.20. The molecule has 2 rings (SSSR count). The van der Waals surface area contributed by atoms with Gasteiger partial charge in [-0.3, -0.25) is 0 Å². The van der Waals surface area contributed by atoms with E-state index in [1.165, 1.54) is 18.4 Å². The van der Waals surface area contributed by atoms with Gasteiger partial charge in [-0.15, -0.1) is 0 Å². The van der Waals surface area contributed by atoms with Crippen molar-refractivity contribution in [1.82, 2.24) is 15.0 Å². The molecule has 80 valence electrons. The molecule has 0 aromatic carbocycles. The monoisotopic (exact) mass is 203 g/mol. The van der Waals surface area contributed by atoms with Crippen molar-refractivity contribution in [3.8, 4) is 0 Å². The van der Waals surface area contributed by atoms with Gasteiger partial charge in [0.25, 0.3) is 0 Å². The van der Waals surface area contributed by atoms with Crippen molar-refractivity contribution in [3.05, 3.63) is 23.7 Å². The van der Waals surface area contributed by atoms with Crippen LogP contribution in [0.3, 0.4) is 0 Å². The van der Waals surface area contributed by atoms with Crippen LogP contribution in [-0.4, -0.2) is 15.0 Å². The molecule has 2 aromatic heterocycles. The predicted octanol–water partition coefficient (Wildman–Crippen LogP) is 3.17. The SMILES string of the molecule is CCCC(C)c1nc2ncc(C)cc2[nH]1. The summed E-state index contributed by atoms with van der Waals surface area (Å²) < 4.78 is 0. The lowest BCUT2D eigenvalue weighted by atomic mass is 10.1. The number of aromatic nitrogens is 3. The Morgan fingerprint density at radius 2 is 2.27 bits per heavy atom. The van der Waals surface area contributed by atoms with Crippen LogP contribution in [0.25, 0.3) is 11.2 Å². The number of rotatable bonds is 3. The van der Waals surface area contributed by atoms with Crippen LogP contribution in [0.2, 0.25) is 0 Å². The maximum Gasteiger partial charge on any atom is 0.177 e. The lowest BCUT2D eigenvalue weighted by molar-refractivity contribution is 0.635. The second kappa shape index (κ2) is 4.01. The first-order valence-electron chi connectivity index (χ1n) is 5.53. The number of aromatic amines is 1. The minimum Gasteiger partial charge on any atom is -0.340 e. The first-order chi connectivity index (χ1) is 7.20. The highest BCUT2D eigenvalue weighted by atomic mass is 15.0. The van der Waals surface area contributed by atoms with E-state index in [-0.39, 0.29) is 0 Å². The minimum atomic E-state index is 0.490. The highest BCUT2D eigenvalue weighted by molar-refractivity contribution is 5.71. The highest BCUT2D eigenvalue weighted by Gasteiger charge is 2.10. The van der Waals surface area contributed by atoms with E-state index in [1.54, 1.807) is 0 Å². The lowest BCUT2D eigenvalue weighted by Gasteiger charge is -2.04. The molecule has 3 nitrogen and oxygen atoms in total. The Kier molecular flexibility index (Phi) is 2.71. The van der Waals surface area contributed by atoms with Crippen molar-refractivity contribution in [2.24, 2.45) is 0 Å². The number of pyridine rings is 1. The van der Waals surface area contributed by atoms with Crippen LogP contribution in [0, 0.1) is 6.92 Å². The maximum atomic E-state index is 4.51. The third kappa shape index (κ3) is 2.01. The maximum absolute atomic E-state index is 4.51. The second-order valence-corrected chi connectivity index (χ2v) is 4.20. The zero-order valence-electron chi connectivity index (χ0n) is 9.54. The molecule has 0 radical (unpaired) electrons. The number of fused-ring (bicyclic) bond motifs is 1. The summed E-state index contributed by atoms with van der Waals surface area (Å²) in [7, 11) is 0. The Morgan fingerprint density at radius 1 is 1.47 bits per heavy atom. The van der Waals surface area contributed by atoms with Gasteiger partial charge in [0.1, 0.15) is 5.82 Å². The molecule has 0 aliphatic heterocycles. The molecule has 2 heterocycles. The number of imidazole rings is 1. The average Bonchev–Trinajstić information content (AvgIpc) is 2.60. The molecule has 1 N–H and O–H groups in total. The molecule has 0 saturated carbocycles. The molecule has 0 fully saturated rings. The number of nitrogens with zero attached hydrogens (tertiary/aromatic N) is 2. The number of H-pyrrole nitrogens is 1. The fourth-order valence-electron chi connectivity index (χ4n) is 1.83. The molecule has 0 aliphatic carbocycles. The average molecular weight is 203 g/mol. The van der Waals surface area contributed by atoms with Gasteiger partial charge in [-0.1, -0.05) is 20.3 Å². The van der Waals surface area contributed by atoms with Crippen molar-refractivity contribution in [2.75, 3.05) is 0 Å². The van der Waals surface area contributed by atoms with Crippen LogP contribution >= 0.6 is 0 Å². The third-order valence-corrected chi connectivity index (χ3v) is 2.68. The van der Waals surface area contributed by atoms with Crippen LogP contribution in [0.1, 0.15) is 44.0 Å². The molecule has 0 aliphatic rings. The van der Waals surface area contributed by atoms with Gasteiger partial charge in [-0.05, 0) is 25.0 Å². The Morgan fingerprint density at radius 3 is 3.00 bits per heavy atom. The zero-order chi connectivity index (χ0) is 10.8. The van der Waals surface area contributed by atoms with Crippen LogP contribution in [0.4, 0.5) is 0 Å². The molecule has 1 atom stereocenters. The van der Waals surface area contributed by atoms with E-state index in [1.807, 2.05) is 13.1 Å². The minimum absolute atomic E-state index is 0.490. The summed E-state index contributed by atoms with van der Waals surface area (Å²) in [4.78, 5) is 12.2. The summed E-state index contributed by atoms with van der Waals surface area (Å²) in [5.74, 6) is 1.55. The third-order valence-electron chi connectivity index (χ3n) is 2.68. The number of hydrogen-bond donors (Lipinski definition) is 1. The first kappa shape index (κ1) is 10.1. The number of nitrogens with one attached hydrogen (secondary N) is 1. The summed E-state index contributed by atoms with van der Waals surface area (Å²) in [6, 6.07) is 2.09. The molecule has 0 amide bonds. The molecule has 15 heavy (non-hydrogen) atoms. The zero-order valence-corrected chi connectivity index (χ0v) is 9.54. The standard InChI is InChI=1S/C12H17N3/c1-4-5-9(3)11-14-10-6-8(2)7-13-12(10)15-11/h6-7,9H,4-5H2,1-3H3,(H,13,14,15). The topological polar surface area (TPSA) is 41.6 Å². The molecule has 3 heteroatoms. The quantitative estimate of drug-likeness (QED) is 0.832. The number of aryl methyl sites for hydroxylation is 1. The molecule has 2 aromatic rings. The summed E-state index contributed by atoms with van der Waals surface area (Å²) in [6.45, 7) is 6.44. The summed E-state index contributed by atoms with van der Waals surface area (Å²) in [5, 5.41) is 0. The summed E-state index contributed by atoms with van der Waals surface area (Å²) >= 11 is 0. The second-order valence-electron chi connectivity index (χ2n) is 4.20. The van der Waals surface area contributed by atoms with Gasteiger partial charge >= 0.3 is 0 Å². The van der Waals surface area contributed by atoms with Gasteiger partial charge in [-0.25, -0.2) is 9.97 Å². The van der Waals surface area contributed by atoms with E-state index in [0.717, 1.165) is 17.0 Å². The summed E-state index contributed by atoms with van der Waals surface area (Å²) in [5.41, 5.74) is 3.05. The van der Waals surface area contributed by atoms with Crippen molar-refractivity contribution in [3.63, 3.8) is 0 Å². The largest absolute Gasteiger partial charge is 0.340 e. The molecule has 0 saturated heterocycles. The van der Waals surface area contributed by atoms with Crippen molar-refractivity contribution >= 4 is 11.2 Å². The van der Waals surface area contributed by atoms with Gasteiger partial charge in [0.05, 0.1) is 5.52 Å². The molecule has 0 bridgehead atoms. The Bertz CT molecular complexity index is 459. The van der Waals surface area contributed by atoms with E-state index < -0.39 is 0 Å². The molecule has 1 unspecified atom stereocenters. The smallest absolute Gasteiger partial charge is 0.177 e. The fraction of sp³-hybridized carbons (Fsp3) is 0.500. The van der Waals surface area contributed by atoms with Crippen LogP contribution in [0.15, 0.2) is 12.3 Å². The van der Waals surface area contributed by atoms with Gasteiger partial charge in [0.2, 0.25) is 0 Å². The normalized spacial score (nSPS) is 13.3. The molecular formula is C12H17N3.